The average molecular weight is 405 g/mol. The van der Waals surface area contributed by atoms with Gasteiger partial charge in [-0.05, 0) is 38.1 Å². The Morgan fingerprint density at radius 3 is 2.63 bits per heavy atom. The highest BCUT2D eigenvalue weighted by atomic mass is 35.5. The van der Waals surface area contributed by atoms with Crippen molar-refractivity contribution in [1.82, 2.24) is 25.8 Å². The second-order valence-electron chi connectivity index (χ2n) is 5.87. The summed E-state index contributed by atoms with van der Waals surface area (Å²) in [4.78, 5) is 14.4. The molecule has 0 aliphatic carbocycles. The monoisotopic (exact) mass is 404 g/mol. The molecule has 0 saturated carbocycles. The molecule has 0 saturated heterocycles. The molecule has 2 heterocycles. The van der Waals surface area contributed by atoms with Crippen molar-refractivity contribution < 1.29 is 4.52 Å². The second kappa shape index (κ2) is 8.96. The molecule has 0 unspecified atom stereocenters. The third kappa shape index (κ3) is 5.27. The minimum Gasteiger partial charge on any atom is -0.356 e. The van der Waals surface area contributed by atoms with Gasteiger partial charge in [0.2, 0.25) is 11.7 Å². The van der Waals surface area contributed by atoms with E-state index in [0.717, 1.165) is 16.3 Å². The third-order valence-corrected chi connectivity index (χ3v) is 5.23. The number of hydrogen-bond acceptors (Lipinski definition) is 6. The molecule has 3 aromatic rings. The molecule has 27 heavy (non-hydrogen) atoms. The van der Waals surface area contributed by atoms with Gasteiger partial charge in [-0.15, -0.1) is 11.3 Å². The number of aryl methyl sites for hydroxylation is 2. The van der Waals surface area contributed by atoms with Crippen molar-refractivity contribution in [2.24, 2.45) is 4.99 Å². The lowest BCUT2D eigenvalue weighted by Crippen LogP contribution is -2.37. The van der Waals surface area contributed by atoms with Gasteiger partial charge in [-0.2, -0.15) is 4.98 Å². The molecular formula is C18H21ClN6OS. The Labute approximate surface area is 166 Å². The summed E-state index contributed by atoms with van der Waals surface area (Å²) in [5.74, 6) is 1.82. The van der Waals surface area contributed by atoms with Crippen molar-refractivity contribution in [3.8, 4) is 11.4 Å². The van der Waals surface area contributed by atoms with Gasteiger partial charge in [0, 0.05) is 35.5 Å². The van der Waals surface area contributed by atoms with E-state index in [1.807, 2.05) is 19.1 Å². The molecule has 0 atom stereocenters. The van der Waals surface area contributed by atoms with Crippen LogP contribution in [0.4, 0.5) is 0 Å². The van der Waals surface area contributed by atoms with Crippen LogP contribution in [0.25, 0.3) is 11.4 Å². The number of rotatable bonds is 6. The van der Waals surface area contributed by atoms with Crippen LogP contribution in [0.2, 0.25) is 5.02 Å². The van der Waals surface area contributed by atoms with Crippen LogP contribution in [0.3, 0.4) is 0 Å². The van der Waals surface area contributed by atoms with E-state index in [-0.39, 0.29) is 0 Å². The maximum atomic E-state index is 5.90. The van der Waals surface area contributed by atoms with Crippen molar-refractivity contribution in [3.05, 3.63) is 50.8 Å². The molecular weight excluding hydrogens is 384 g/mol. The summed E-state index contributed by atoms with van der Waals surface area (Å²) >= 11 is 7.59. The number of aliphatic imine (C=N–C) groups is 1. The Bertz CT molecular complexity index is 899. The minimum atomic E-state index is 0.554. The van der Waals surface area contributed by atoms with Gasteiger partial charge in [0.1, 0.15) is 5.01 Å². The first-order valence-corrected chi connectivity index (χ1v) is 9.70. The summed E-state index contributed by atoms with van der Waals surface area (Å²) in [6.07, 6.45) is 0.594. The lowest BCUT2D eigenvalue weighted by molar-refractivity contribution is 0.378. The molecule has 0 aliphatic heterocycles. The van der Waals surface area contributed by atoms with Crippen LogP contribution in [0, 0.1) is 13.8 Å². The van der Waals surface area contributed by atoms with Gasteiger partial charge in [-0.25, -0.2) is 4.98 Å². The summed E-state index contributed by atoms with van der Waals surface area (Å²) in [5, 5.41) is 12.2. The predicted molar refractivity (Wildman–Crippen MR) is 108 cm³/mol. The fraction of sp³-hybridized carbons (Fsp3) is 0.333. The maximum Gasteiger partial charge on any atom is 0.228 e. The van der Waals surface area contributed by atoms with Crippen LogP contribution in [-0.4, -0.2) is 34.7 Å². The summed E-state index contributed by atoms with van der Waals surface area (Å²) in [7, 11) is 1.74. The molecule has 2 N–H and O–H groups in total. The number of nitrogens with one attached hydrogen (secondary N) is 2. The van der Waals surface area contributed by atoms with E-state index in [2.05, 4.69) is 37.7 Å². The van der Waals surface area contributed by atoms with Crippen LogP contribution >= 0.6 is 22.9 Å². The Morgan fingerprint density at radius 1 is 1.19 bits per heavy atom. The molecule has 3 rings (SSSR count). The third-order valence-electron chi connectivity index (χ3n) is 3.91. The number of aromatic nitrogens is 3. The highest BCUT2D eigenvalue weighted by Gasteiger charge is 2.09. The molecule has 2 aromatic heterocycles. The SMILES string of the molecule is CN=C(NCCc1nc(-c2ccc(Cl)cc2)no1)NCc1nc(C)c(C)s1. The second-order valence-corrected chi connectivity index (χ2v) is 7.59. The van der Waals surface area contributed by atoms with Gasteiger partial charge in [-0.1, -0.05) is 16.8 Å². The van der Waals surface area contributed by atoms with Crippen molar-refractivity contribution >= 4 is 28.9 Å². The van der Waals surface area contributed by atoms with Gasteiger partial charge in [0.15, 0.2) is 5.96 Å². The first-order valence-electron chi connectivity index (χ1n) is 8.51. The van der Waals surface area contributed by atoms with Gasteiger partial charge in [0.05, 0.1) is 12.2 Å². The van der Waals surface area contributed by atoms with Gasteiger partial charge in [-0.3, -0.25) is 4.99 Å². The Hall–Kier alpha value is -2.45. The summed E-state index contributed by atoms with van der Waals surface area (Å²) in [6.45, 7) is 5.36. The number of halogens is 1. The number of nitrogens with zero attached hydrogens (tertiary/aromatic N) is 4. The van der Waals surface area contributed by atoms with Crippen LogP contribution in [0.15, 0.2) is 33.8 Å². The minimum absolute atomic E-state index is 0.554. The number of benzene rings is 1. The Morgan fingerprint density at radius 2 is 1.96 bits per heavy atom. The number of thiazole rings is 1. The highest BCUT2D eigenvalue weighted by molar-refractivity contribution is 7.11. The van der Waals surface area contributed by atoms with Crippen molar-refractivity contribution in [1.29, 1.82) is 0 Å². The molecule has 9 heteroatoms. The fourth-order valence-electron chi connectivity index (χ4n) is 2.36. The normalized spacial score (nSPS) is 11.6. The van der Waals surface area contributed by atoms with Gasteiger partial charge >= 0.3 is 0 Å². The lowest BCUT2D eigenvalue weighted by atomic mass is 10.2. The summed E-state index contributed by atoms with van der Waals surface area (Å²) in [5.41, 5.74) is 1.95. The number of guanidine groups is 1. The molecule has 0 amide bonds. The topological polar surface area (TPSA) is 88.2 Å². The van der Waals surface area contributed by atoms with E-state index in [0.29, 0.717) is 42.2 Å². The lowest BCUT2D eigenvalue weighted by Gasteiger charge is -2.09. The highest BCUT2D eigenvalue weighted by Crippen LogP contribution is 2.18. The quantitative estimate of drug-likeness (QED) is 0.483. The number of hydrogen-bond donors (Lipinski definition) is 2. The zero-order valence-corrected chi connectivity index (χ0v) is 17.0. The van der Waals surface area contributed by atoms with Crippen molar-refractivity contribution in [2.45, 2.75) is 26.8 Å². The van der Waals surface area contributed by atoms with Crippen LogP contribution in [0.5, 0.6) is 0 Å². The van der Waals surface area contributed by atoms with Gasteiger partial charge < -0.3 is 15.2 Å². The smallest absolute Gasteiger partial charge is 0.228 e. The first-order chi connectivity index (χ1) is 13.0. The molecule has 0 radical (unpaired) electrons. The van der Waals surface area contributed by atoms with E-state index >= 15 is 0 Å². The van der Waals surface area contributed by atoms with Gasteiger partial charge in [0.25, 0.3) is 0 Å². The molecule has 0 aliphatic rings. The molecule has 0 fully saturated rings. The Kier molecular flexibility index (Phi) is 6.41. The molecule has 0 spiro atoms. The Balaban J connectivity index is 1.47. The zero-order valence-electron chi connectivity index (χ0n) is 15.4. The van der Waals surface area contributed by atoms with Crippen LogP contribution in [0.1, 0.15) is 21.5 Å². The molecule has 0 bridgehead atoms. The largest absolute Gasteiger partial charge is 0.356 e. The zero-order chi connectivity index (χ0) is 19.2. The van der Waals surface area contributed by atoms with Crippen LogP contribution in [-0.2, 0) is 13.0 Å². The van der Waals surface area contributed by atoms with E-state index in [1.54, 1.807) is 30.5 Å². The first kappa shape index (κ1) is 19.3. The fourth-order valence-corrected chi connectivity index (χ4v) is 3.35. The van der Waals surface area contributed by atoms with E-state index < -0.39 is 0 Å². The average Bonchev–Trinajstić information content (AvgIpc) is 3.25. The molecule has 1 aromatic carbocycles. The van der Waals surface area contributed by atoms with E-state index in [9.17, 15) is 0 Å². The van der Waals surface area contributed by atoms with E-state index in [1.165, 1.54) is 4.88 Å². The molecule has 7 nitrogen and oxygen atoms in total. The summed E-state index contributed by atoms with van der Waals surface area (Å²) < 4.78 is 5.31. The molecule has 142 valence electrons. The van der Waals surface area contributed by atoms with Crippen molar-refractivity contribution in [3.63, 3.8) is 0 Å². The van der Waals surface area contributed by atoms with Crippen molar-refractivity contribution in [2.75, 3.05) is 13.6 Å². The van der Waals surface area contributed by atoms with E-state index in [4.69, 9.17) is 16.1 Å². The van der Waals surface area contributed by atoms with Crippen LogP contribution < -0.4 is 10.6 Å². The predicted octanol–water partition coefficient (Wildman–Crippen LogP) is 3.37. The standard InChI is InChI=1S/C18H21ClN6OS/c1-11-12(2)27-16(23-11)10-22-18(20-3)21-9-8-15-24-17(25-26-15)13-4-6-14(19)7-5-13/h4-7H,8-10H2,1-3H3,(H2,20,21,22). The summed E-state index contributed by atoms with van der Waals surface area (Å²) in [6, 6.07) is 7.33. The maximum absolute atomic E-state index is 5.90.